The van der Waals surface area contributed by atoms with E-state index in [1.54, 1.807) is 12.1 Å². The lowest BCUT2D eigenvalue weighted by Crippen LogP contribution is -2.43. The van der Waals surface area contributed by atoms with Crippen LogP contribution in [0.25, 0.3) is 0 Å². The van der Waals surface area contributed by atoms with Gasteiger partial charge in [-0.05, 0) is 55.6 Å². The first-order valence-electron chi connectivity index (χ1n) is 9.57. The molecule has 7 heteroatoms. The SMILES string of the molecule is CCN(CC)CC(=O)N1CCc2ccc(S(=O)(=O)NC3CCC3)cc2C1. The molecule has 1 aliphatic heterocycles. The van der Waals surface area contributed by atoms with Gasteiger partial charge in [-0.1, -0.05) is 26.3 Å². The first-order valence-corrected chi connectivity index (χ1v) is 11.1. The molecule has 1 N–H and O–H groups in total. The Labute approximate surface area is 156 Å². The lowest BCUT2D eigenvalue weighted by atomic mass is 9.94. The molecule has 144 valence electrons. The third-order valence-corrected chi connectivity index (χ3v) is 7.05. The zero-order valence-corrected chi connectivity index (χ0v) is 16.5. The molecule has 0 spiro atoms. The topological polar surface area (TPSA) is 69.7 Å². The molecule has 2 aliphatic rings. The number of hydrogen-bond acceptors (Lipinski definition) is 4. The van der Waals surface area contributed by atoms with Crippen LogP contribution in [0.5, 0.6) is 0 Å². The standard InChI is InChI=1S/C19H29N3O3S/c1-3-21(4-2)14-19(23)22-11-10-15-8-9-18(12-16(15)13-22)26(24,25)20-17-6-5-7-17/h8-9,12,17,20H,3-7,10-11,13-14H2,1-2H3. The van der Waals surface area contributed by atoms with E-state index >= 15 is 0 Å². The van der Waals surface area contributed by atoms with Crippen LogP contribution in [-0.2, 0) is 27.8 Å². The monoisotopic (exact) mass is 379 g/mol. The van der Waals surface area contributed by atoms with Gasteiger partial charge in [-0.2, -0.15) is 0 Å². The van der Waals surface area contributed by atoms with Gasteiger partial charge in [-0.3, -0.25) is 9.69 Å². The number of rotatable bonds is 7. The number of amides is 1. The summed E-state index contributed by atoms with van der Waals surface area (Å²) in [6.45, 7) is 7.40. The minimum Gasteiger partial charge on any atom is -0.337 e. The Kier molecular flexibility index (Phi) is 5.99. The maximum Gasteiger partial charge on any atom is 0.240 e. The highest BCUT2D eigenvalue weighted by atomic mass is 32.2. The molecule has 0 bridgehead atoms. The summed E-state index contributed by atoms with van der Waals surface area (Å²) in [7, 11) is -3.48. The van der Waals surface area contributed by atoms with Crippen LogP contribution >= 0.6 is 0 Å². The van der Waals surface area contributed by atoms with Crippen LogP contribution in [0.2, 0.25) is 0 Å². The third-order valence-electron chi connectivity index (χ3n) is 5.53. The maximum absolute atomic E-state index is 12.6. The summed E-state index contributed by atoms with van der Waals surface area (Å²) in [5.74, 6) is 0.111. The molecular formula is C19H29N3O3S. The Morgan fingerprint density at radius 3 is 2.58 bits per heavy atom. The molecule has 26 heavy (non-hydrogen) atoms. The van der Waals surface area contributed by atoms with Gasteiger partial charge in [0.15, 0.2) is 0 Å². The minimum atomic E-state index is -3.48. The summed E-state index contributed by atoms with van der Waals surface area (Å²) >= 11 is 0. The third kappa shape index (κ3) is 4.27. The van der Waals surface area contributed by atoms with E-state index in [4.69, 9.17) is 0 Å². The fraction of sp³-hybridized carbons (Fsp3) is 0.632. The van der Waals surface area contributed by atoms with Crippen molar-refractivity contribution in [2.75, 3.05) is 26.2 Å². The Balaban J connectivity index is 1.72. The second kappa shape index (κ2) is 8.06. The average molecular weight is 380 g/mol. The van der Waals surface area contributed by atoms with Crippen LogP contribution in [0, 0.1) is 0 Å². The quantitative estimate of drug-likeness (QED) is 0.784. The van der Waals surface area contributed by atoms with Gasteiger partial charge in [0.25, 0.3) is 0 Å². The number of carbonyl (C=O) groups is 1. The van der Waals surface area contributed by atoms with Gasteiger partial charge < -0.3 is 4.90 Å². The van der Waals surface area contributed by atoms with Crippen molar-refractivity contribution in [3.8, 4) is 0 Å². The molecule has 0 unspecified atom stereocenters. The number of benzene rings is 1. The molecule has 1 fully saturated rings. The van der Waals surface area contributed by atoms with E-state index < -0.39 is 10.0 Å². The second-order valence-electron chi connectivity index (χ2n) is 7.21. The van der Waals surface area contributed by atoms with Gasteiger partial charge in [-0.25, -0.2) is 13.1 Å². The molecule has 0 saturated heterocycles. The van der Waals surface area contributed by atoms with Crippen molar-refractivity contribution >= 4 is 15.9 Å². The van der Waals surface area contributed by atoms with Gasteiger partial charge >= 0.3 is 0 Å². The second-order valence-corrected chi connectivity index (χ2v) is 8.92. The predicted molar refractivity (Wildman–Crippen MR) is 101 cm³/mol. The fourth-order valence-corrected chi connectivity index (χ4v) is 4.82. The molecule has 1 amide bonds. The van der Waals surface area contributed by atoms with Gasteiger partial charge in [0, 0.05) is 19.1 Å². The van der Waals surface area contributed by atoms with E-state index in [-0.39, 0.29) is 11.9 Å². The van der Waals surface area contributed by atoms with Crippen LogP contribution in [0.4, 0.5) is 0 Å². The number of sulfonamides is 1. The van der Waals surface area contributed by atoms with Gasteiger partial charge in [0.05, 0.1) is 11.4 Å². The van der Waals surface area contributed by atoms with Crippen molar-refractivity contribution in [1.82, 2.24) is 14.5 Å². The van der Waals surface area contributed by atoms with Crippen molar-refractivity contribution in [1.29, 1.82) is 0 Å². The van der Waals surface area contributed by atoms with Crippen molar-refractivity contribution in [2.45, 2.75) is 57.0 Å². The summed E-state index contributed by atoms with van der Waals surface area (Å²) < 4.78 is 27.9. The maximum atomic E-state index is 12.6. The van der Waals surface area contributed by atoms with Crippen molar-refractivity contribution in [3.63, 3.8) is 0 Å². The van der Waals surface area contributed by atoms with E-state index in [9.17, 15) is 13.2 Å². The van der Waals surface area contributed by atoms with Gasteiger partial charge in [0.2, 0.25) is 15.9 Å². The van der Waals surface area contributed by atoms with E-state index in [0.29, 0.717) is 24.5 Å². The Morgan fingerprint density at radius 2 is 1.96 bits per heavy atom. The zero-order valence-electron chi connectivity index (χ0n) is 15.7. The van der Waals surface area contributed by atoms with Crippen LogP contribution in [0.1, 0.15) is 44.2 Å². The highest BCUT2D eigenvalue weighted by molar-refractivity contribution is 7.89. The summed E-state index contributed by atoms with van der Waals surface area (Å²) in [4.78, 5) is 16.8. The molecular weight excluding hydrogens is 350 g/mol. The molecule has 1 saturated carbocycles. The van der Waals surface area contributed by atoms with E-state index in [1.807, 2.05) is 11.0 Å². The molecule has 3 rings (SSSR count). The van der Waals surface area contributed by atoms with Gasteiger partial charge in [0.1, 0.15) is 0 Å². The molecule has 1 aromatic rings. The fourth-order valence-electron chi connectivity index (χ4n) is 3.47. The highest BCUT2D eigenvalue weighted by Crippen LogP contribution is 2.25. The molecule has 0 atom stereocenters. The first kappa shape index (κ1) is 19.3. The van der Waals surface area contributed by atoms with Crippen molar-refractivity contribution in [2.24, 2.45) is 0 Å². The van der Waals surface area contributed by atoms with Crippen LogP contribution in [0.15, 0.2) is 23.1 Å². The van der Waals surface area contributed by atoms with Crippen molar-refractivity contribution < 1.29 is 13.2 Å². The number of carbonyl (C=O) groups excluding carboxylic acids is 1. The smallest absolute Gasteiger partial charge is 0.240 e. The number of fused-ring (bicyclic) bond motifs is 1. The van der Waals surface area contributed by atoms with Crippen LogP contribution in [0.3, 0.4) is 0 Å². The Morgan fingerprint density at radius 1 is 1.23 bits per heavy atom. The lowest BCUT2D eigenvalue weighted by molar-refractivity contribution is -0.133. The molecule has 1 heterocycles. The number of nitrogens with zero attached hydrogens (tertiary/aromatic N) is 2. The Hall–Kier alpha value is -1.44. The zero-order chi connectivity index (χ0) is 18.7. The summed E-state index contributed by atoms with van der Waals surface area (Å²) in [5, 5.41) is 0. The molecule has 1 aliphatic carbocycles. The van der Waals surface area contributed by atoms with E-state index in [2.05, 4.69) is 23.5 Å². The normalized spacial score (nSPS) is 17.9. The number of hydrogen-bond donors (Lipinski definition) is 1. The molecule has 6 nitrogen and oxygen atoms in total. The minimum absolute atomic E-state index is 0.0724. The summed E-state index contributed by atoms with van der Waals surface area (Å²) in [5.41, 5.74) is 2.08. The van der Waals surface area contributed by atoms with Crippen LogP contribution < -0.4 is 4.72 Å². The molecule has 0 aromatic heterocycles. The van der Waals surface area contributed by atoms with Gasteiger partial charge in [-0.15, -0.1) is 0 Å². The molecule has 1 aromatic carbocycles. The lowest BCUT2D eigenvalue weighted by Gasteiger charge is -2.31. The van der Waals surface area contributed by atoms with Crippen molar-refractivity contribution in [3.05, 3.63) is 29.3 Å². The largest absolute Gasteiger partial charge is 0.337 e. The van der Waals surface area contributed by atoms with Crippen LogP contribution in [-0.4, -0.2) is 56.3 Å². The average Bonchev–Trinajstić information content (AvgIpc) is 2.61. The number of nitrogens with one attached hydrogen (secondary N) is 1. The predicted octanol–water partition coefficient (Wildman–Crippen LogP) is 1.74. The first-order chi connectivity index (χ1) is 12.4. The summed E-state index contributed by atoms with van der Waals surface area (Å²) in [6, 6.07) is 5.40. The Bertz CT molecular complexity index is 755. The molecule has 0 radical (unpaired) electrons. The summed E-state index contributed by atoms with van der Waals surface area (Å²) in [6.07, 6.45) is 3.69. The van der Waals surface area contributed by atoms with E-state index in [1.165, 1.54) is 0 Å². The van der Waals surface area contributed by atoms with E-state index in [0.717, 1.165) is 49.9 Å². The highest BCUT2D eigenvalue weighted by Gasteiger charge is 2.27. The number of likely N-dealkylation sites (N-methyl/N-ethyl adjacent to an activating group) is 1.